The molecule has 1 aliphatic heterocycles. The van der Waals surface area contributed by atoms with Crippen LogP contribution in [-0.2, 0) is 27.6 Å². The number of hydrogen-bond donors (Lipinski definition) is 2. The number of para-hydroxylation sites is 1. The standard InChI is InChI=1S/C16H16N4O4S/c21-16(15-10-5-1-2-6-11(10)18-19-15)24-9-14-17-12-7-3-4-8-13(12)25(22,23)20-14/h3-4,7-8H,1-2,5-6,9H2,(H,17,20)(H,18,19). The van der Waals surface area contributed by atoms with Gasteiger partial charge in [0.05, 0.1) is 5.69 Å². The average molecular weight is 360 g/mol. The quantitative estimate of drug-likeness (QED) is 0.805. The number of amidine groups is 1. The molecule has 1 aromatic heterocycles. The molecule has 0 spiro atoms. The molecule has 2 N–H and O–H groups in total. The van der Waals surface area contributed by atoms with Crippen molar-refractivity contribution in [1.82, 2.24) is 10.2 Å². The predicted octanol–water partition coefficient (Wildman–Crippen LogP) is 1.66. The van der Waals surface area contributed by atoms with E-state index in [1.165, 1.54) is 6.07 Å². The molecule has 0 fully saturated rings. The van der Waals surface area contributed by atoms with Crippen molar-refractivity contribution in [3.05, 3.63) is 41.2 Å². The van der Waals surface area contributed by atoms with Crippen LogP contribution in [0.3, 0.4) is 0 Å². The molecule has 4 rings (SSSR count). The Labute approximate surface area is 144 Å². The Hall–Kier alpha value is -2.68. The van der Waals surface area contributed by atoms with Crippen LogP contribution in [0.5, 0.6) is 0 Å². The summed E-state index contributed by atoms with van der Waals surface area (Å²) in [6.45, 7) is -0.270. The first kappa shape index (κ1) is 15.8. The molecule has 0 amide bonds. The molecule has 2 heterocycles. The van der Waals surface area contributed by atoms with Crippen LogP contribution in [-0.4, -0.2) is 37.0 Å². The zero-order chi connectivity index (χ0) is 17.4. The summed E-state index contributed by atoms with van der Waals surface area (Å²) in [6, 6.07) is 6.44. The van der Waals surface area contributed by atoms with Gasteiger partial charge in [0.25, 0.3) is 10.0 Å². The van der Waals surface area contributed by atoms with Crippen molar-refractivity contribution >= 4 is 27.5 Å². The van der Waals surface area contributed by atoms with Gasteiger partial charge in [-0.15, -0.1) is 4.40 Å². The second kappa shape index (κ2) is 5.99. The van der Waals surface area contributed by atoms with Gasteiger partial charge in [-0.3, -0.25) is 5.10 Å². The third-order valence-electron chi connectivity index (χ3n) is 4.26. The highest BCUT2D eigenvalue weighted by Crippen LogP contribution is 2.27. The predicted molar refractivity (Wildman–Crippen MR) is 90.2 cm³/mol. The largest absolute Gasteiger partial charge is 0.453 e. The van der Waals surface area contributed by atoms with Crippen molar-refractivity contribution in [3.8, 4) is 0 Å². The lowest BCUT2D eigenvalue weighted by molar-refractivity contribution is 0.0555. The Morgan fingerprint density at radius 2 is 2.00 bits per heavy atom. The lowest BCUT2D eigenvalue weighted by Crippen LogP contribution is -2.27. The summed E-state index contributed by atoms with van der Waals surface area (Å²) < 4.78 is 33.2. The van der Waals surface area contributed by atoms with Crippen LogP contribution < -0.4 is 5.32 Å². The topological polar surface area (TPSA) is 114 Å². The minimum atomic E-state index is -3.79. The second-order valence-electron chi connectivity index (χ2n) is 5.95. The lowest BCUT2D eigenvalue weighted by atomic mass is 9.96. The van der Waals surface area contributed by atoms with Gasteiger partial charge in [-0.1, -0.05) is 12.1 Å². The van der Waals surface area contributed by atoms with Gasteiger partial charge in [0, 0.05) is 11.3 Å². The number of H-pyrrole nitrogens is 1. The number of anilines is 1. The number of carbonyl (C=O) groups is 1. The zero-order valence-corrected chi connectivity index (χ0v) is 14.1. The summed E-state index contributed by atoms with van der Waals surface area (Å²) in [5.41, 5.74) is 2.56. The normalized spacial score (nSPS) is 17.7. The summed E-state index contributed by atoms with van der Waals surface area (Å²) in [5, 5.41) is 9.81. The van der Waals surface area contributed by atoms with Crippen molar-refractivity contribution < 1.29 is 17.9 Å². The number of aromatic nitrogens is 2. The summed E-state index contributed by atoms with van der Waals surface area (Å²) in [4.78, 5) is 12.4. The van der Waals surface area contributed by atoms with Gasteiger partial charge in [-0.2, -0.15) is 13.5 Å². The molecular weight excluding hydrogens is 344 g/mol. The number of sulfonamides is 1. The minimum Gasteiger partial charge on any atom is -0.453 e. The van der Waals surface area contributed by atoms with E-state index in [2.05, 4.69) is 19.9 Å². The first-order chi connectivity index (χ1) is 12.0. The molecule has 0 radical (unpaired) electrons. The molecule has 9 heteroatoms. The van der Waals surface area contributed by atoms with Crippen LogP contribution in [0, 0.1) is 0 Å². The van der Waals surface area contributed by atoms with E-state index < -0.39 is 16.0 Å². The molecule has 0 bridgehead atoms. The maximum atomic E-state index is 12.3. The minimum absolute atomic E-state index is 0.0662. The third-order valence-corrected chi connectivity index (χ3v) is 5.64. The molecular formula is C16H16N4O4S. The number of ether oxygens (including phenoxy) is 1. The van der Waals surface area contributed by atoms with E-state index in [1.54, 1.807) is 18.2 Å². The summed E-state index contributed by atoms with van der Waals surface area (Å²) in [6.07, 6.45) is 3.74. The van der Waals surface area contributed by atoms with Crippen LogP contribution in [0.4, 0.5) is 5.69 Å². The highest BCUT2D eigenvalue weighted by molar-refractivity contribution is 7.90. The van der Waals surface area contributed by atoms with E-state index in [-0.39, 0.29) is 23.0 Å². The van der Waals surface area contributed by atoms with Gasteiger partial charge in [0.15, 0.2) is 18.1 Å². The Balaban J connectivity index is 1.50. The van der Waals surface area contributed by atoms with E-state index >= 15 is 0 Å². The Morgan fingerprint density at radius 3 is 2.88 bits per heavy atom. The van der Waals surface area contributed by atoms with Gasteiger partial charge in [-0.25, -0.2) is 4.79 Å². The van der Waals surface area contributed by atoms with E-state index in [4.69, 9.17) is 4.74 Å². The fraction of sp³-hybridized carbons (Fsp3) is 0.312. The molecule has 2 aromatic rings. The number of benzene rings is 1. The summed E-state index contributed by atoms with van der Waals surface area (Å²) >= 11 is 0. The monoisotopic (exact) mass is 360 g/mol. The second-order valence-corrected chi connectivity index (χ2v) is 7.52. The van der Waals surface area contributed by atoms with Gasteiger partial charge < -0.3 is 10.1 Å². The van der Waals surface area contributed by atoms with E-state index in [0.717, 1.165) is 36.9 Å². The maximum Gasteiger partial charge on any atom is 0.359 e. The van der Waals surface area contributed by atoms with Crippen molar-refractivity contribution in [2.45, 2.75) is 30.6 Å². The molecule has 25 heavy (non-hydrogen) atoms. The molecule has 0 saturated heterocycles. The van der Waals surface area contributed by atoms with E-state index in [9.17, 15) is 13.2 Å². The molecule has 1 aliphatic carbocycles. The molecule has 0 saturated carbocycles. The number of hydrogen-bond acceptors (Lipinski definition) is 6. The first-order valence-corrected chi connectivity index (χ1v) is 9.42. The first-order valence-electron chi connectivity index (χ1n) is 7.98. The zero-order valence-electron chi connectivity index (χ0n) is 13.3. The van der Waals surface area contributed by atoms with Crippen LogP contribution in [0.25, 0.3) is 0 Å². The summed E-state index contributed by atoms with van der Waals surface area (Å²) in [5.74, 6) is -0.517. The van der Waals surface area contributed by atoms with E-state index in [1.807, 2.05) is 0 Å². The SMILES string of the molecule is O=C(OCC1=NS(=O)(=O)c2ccccc2N1)c1n[nH]c2c1CCCC2. The number of nitrogens with one attached hydrogen (secondary N) is 2. The molecule has 130 valence electrons. The summed E-state index contributed by atoms with van der Waals surface area (Å²) in [7, 11) is -3.79. The van der Waals surface area contributed by atoms with Crippen LogP contribution in [0.15, 0.2) is 33.6 Å². The lowest BCUT2D eigenvalue weighted by Gasteiger charge is -2.17. The fourth-order valence-electron chi connectivity index (χ4n) is 3.08. The Bertz CT molecular complexity index is 978. The smallest absolute Gasteiger partial charge is 0.359 e. The number of aromatic amines is 1. The van der Waals surface area contributed by atoms with Crippen molar-refractivity contribution in [2.75, 3.05) is 11.9 Å². The fourth-order valence-corrected chi connectivity index (χ4v) is 4.22. The molecule has 0 unspecified atom stereocenters. The third kappa shape index (κ3) is 2.91. The number of rotatable bonds is 3. The molecule has 0 atom stereocenters. The van der Waals surface area contributed by atoms with E-state index in [0.29, 0.717) is 5.69 Å². The van der Waals surface area contributed by atoms with Crippen LogP contribution in [0.2, 0.25) is 0 Å². The Morgan fingerprint density at radius 1 is 1.20 bits per heavy atom. The number of esters is 1. The number of fused-ring (bicyclic) bond motifs is 2. The van der Waals surface area contributed by atoms with Gasteiger partial charge >= 0.3 is 5.97 Å². The molecule has 1 aromatic carbocycles. The highest BCUT2D eigenvalue weighted by atomic mass is 32.2. The highest BCUT2D eigenvalue weighted by Gasteiger charge is 2.26. The molecule has 2 aliphatic rings. The number of carbonyl (C=O) groups excluding carboxylic acids is 1. The van der Waals surface area contributed by atoms with Gasteiger partial charge in [0.1, 0.15) is 4.90 Å². The van der Waals surface area contributed by atoms with Crippen molar-refractivity contribution in [3.63, 3.8) is 0 Å². The van der Waals surface area contributed by atoms with Crippen molar-refractivity contribution in [1.29, 1.82) is 0 Å². The van der Waals surface area contributed by atoms with Crippen molar-refractivity contribution in [2.24, 2.45) is 4.40 Å². The average Bonchev–Trinajstić information content (AvgIpc) is 3.03. The molecule has 8 nitrogen and oxygen atoms in total. The van der Waals surface area contributed by atoms with Crippen LogP contribution in [0.1, 0.15) is 34.6 Å². The van der Waals surface area contributed by atoms with Gasteiger partial charge in [-0.05, 0) is 37.8 Å². The number of aryl methyl sites for hydroxylation is 1. The maximum absolute atomic E-state index is 12.3. The van der Waals surface area contributed by atoms with Gasteiger partial charge in [0.2, 0.25) is 0 Å². The number of nitrogens with zero attached hydrogens (tertiary/aromatic N) is 2. The van der Waals surface area contributed by atoms with Crippen LogP contribution >= 0.6 is 0 Å². The Kier molecular flexibility index (Phi) is 3.79.